The first-order valence-electron chi connectivity index (χ1n) is 4.98. The number of hydrogen-bond acceptors (Lipinski definition) is 4. The SMILES string of the molecule is N#Cc1cnc(NCc2ccc(F)cc2)cn1. The lowest BCUT2D eigenvalue weighted by Crippen LogP contribution is -2.02. The number of halogens is 1. The maximum atomic E-state index is 12.7. The van der Waals surface area contributed by atoms with E-state index in [0.29, 0.717) is 12.4 Å². The minimum absolute atomic E-state index is 0.257. The predicted octanol–water partition coefficient (Wildman–Crippen LogP) is 2.10. The van der Waals surface area contributed by atoms with Gasteiger partial charge in [-0.2, -0.15) is 5.26 Å². The summed E-state index contributed by atoms with van der Waals surface area (Å²) in [5, 5.41) is 11.6. The molecule has 2 aromatic rings. The first-order valence-corrected chi connectivity index (χ1v) is 4.98. The maximum absolute atomic E-state index is 12.7. The molecule has 1 heterocycles. The van der Waals surface area contributed by atoms with Gasteiger partial charge in [-0.1, -0.05) is 12.1 Å². The monoisotopic (exact) mass is 228 g/mol. The quantitative estimate of drug-likeness (QED) is 0.873. The average Bonchev–Trinajstić information content (AvgIpc) is 2.39. The van der Waals surface area contributed by atoms with Crippen molar-refractivity contribution in [3.8, 4) is 6.07 Å². The van der Waals surface area contributed by atoms with E-state index >= 15 is 0 Å². The molecule has 1 aromatic carbocycles. The standard InChI is InChI=1S/C12H9FN4/c13-10-3-1-9(2-4-10)6-16-12-8-15-11(5-14)7-17-12/h1-4,7-8H,6H2,(H,16,17). The summed E-state index contributed by atoms with van der Waals surface area (Å²) in [5.74, 6) is 0.320. The van der Waals surface area contributed by atoms with Crippen LogP contribution in [0.4, 0.5) is 10.2 Å². The lowest BCUT2D eigenvalue weighted by molar-refractivity contribution is 0.627. The molecule has 0 aliphatic rings. The number of nitriles is 1. The van der Waals surface area contributed by atoms with Gasteiger partial charge in [0.15, 0.2) is 5.69 Å². The van der Waals surface area contributed by atoms with Crippen molar-refractivity contribution in [1.82, 2.24) is 9.97 Å². The van der Waals surface area contributed by atoms with Crippen LogP contribution in [0.5, 0.6) is 0 Å². The van der Waals surface area contributed by atoms with E-state index in [1.54, 1.807) is 12.1 Å². The minimum Gasteiger partial charge on any atom is -0.365 e. The number of hydrogen-bond donors (Lipinski definition) is 1. The molecule has 1 aromatic heterocycles. The molecule has 17 heavy (non-hydrogen) atoms. The summed E-state index contributed by atoms with van der Waals surface area (Å²) in [6.07, 6.45) is 2.88. The van der Waals surface area contributed by atoms with Crippen LogP contribution in [0, 0.1) is 17.1 Å². The third-order valence-electron chi connectivity index (χ3n) is 2.15. The number of rotatable bonds is 3. The lowest BCUT2D eigenvalue weighted by atomic mass is 10.2. The Labute approximate surface area is 97.8 Å². The van der Waals surface area contributed by atoms with Crippen LogP contribution >= 0.6 is 0 Å². The van der Waals surface area contributed by atoms with Gasteiger partial charge in [-0.25, -0.2) is 14.4 Å². The largest absolute Gasteiger partial charge is 0.365 e. The number of benzene rings is 1. The van der Waals surface area contributed by atoms with Crippen molar-refractivity contribution < 1.29 is 4.39 Å². The second-order valence-electron chi connectivity index (χ2n) is 3.38. The molecule has 0 unspecified atom stereocenters. The Morgan fingerprint density at radius 3 is 2.53 bits per heavy atom. The van der Waals surface area contributed by atoms with Crippen LogP contribution < -0.4 is 5.32 Å². The van der Waals surface area contributed by atoms with Gasteiger partial charge in [0.1, 0.15) is 17.7 Å². The zero-order valence-electron chi connectivity index (χ0n) is 8.89. The molecule has 0 atom stereocenters. The molecule has 84 valence electrons. The summed E-state index contributed by atoms with van der Waals surface area (Å²) in [6, 6.07) is 8.09. The summed E-state index contributed by atoms with van der Waals surface area (Å²) in [6.45, 7) is 0.529. The Balaban J connectivity index is 1.98. The fraction of sp³-hybridized carbons (Fsp3) is 0.0833. The summed E-state index contributed by atoms with van der Waals surface area (Å²) in [5.41, 5.74) is 1.22. The summed E-state index contributed by atoms with van der Waals surface area (Å²) in [7, 11) is 0. The summed E-state index contributed by atoms with van der Waals surface area (Å²) >= 11 is 0. The van der Waals surface area contributed by atoms with Crippen molar-refractivity contribution in [3.63, 3.8) is 0 Å². The van der Waals surface area contributed by atoms with Crippen LogP contribution in [-0.4, -0.2) is 9.97 Å². The fourth-order valence-electron chi connectivity index (χ4n) is 1.27. The van der Waals surface area contributed by atoms with Crippen LogP contribution in [0.1, 0.15) is 11.3 Å². The molecular weight excluding hydrogens is 219 g/mol. The smallest absolute Gasteiger partial charge is 0.158 e. The molecule has 0 aliphatic carbocycles. The Hall–Kier alpha value is -2.48. The van der Waals surface area contributed by atoms with E-state index in [4.69, 9.17) is 5.26 Å². The molecule has 4 nitrogen and oxygen atoms in total. The highest BCUT2D eigenvalue weighted by Crippen LogP contribution is 2.06. The molecule has 0 saturated carbocycles. The first-order chi connectivity index (χ1) is 8.28. The van der Waals surface area contributed by atoms with Gasteiger partial charge in [0.25, 0.3) is 0 Å². The molecule has 0 bridgehead atoms. The molecule has 0 amide bonds. The van der Waals surface area contributed by atoms with Gasteiger partial charge in [0, 0.05) is 6.54 Å². The maximum Gasteiger partial charge on any atom is 0.158 e. The van der Waals surface area contributed by atoms with E-state index in [0.717, 1.165) is 5.56 Å². The third kappa shape index (κ3) is 2.98. The molecule has 1 N–H and O–H groups in total. The van der Waals surface area contributed by atoms with Gasteiger partial charge in [-0.3, -0.25) is 0 Å². The molecular formula is C12H9FN4. The molecule has 0 radical (unpaired) electrons. The van der Waals surface area contributed by atoms with Crippen LogP contribution in [0.15, 0.2) is 36.7 Å². The van der Waals surface area contributed by atoms with Gasteiger partial charge in [-0.05, 0) is 17.7 Å². The van der Waals surface area contributed by atoms with Crippen LogP contribution in [0.2, 0.25) is 0 Å². The second kappa shape index (κ2) is 5.03. The van der Waals surface area contributed by atoms with Gasteiger partial charge < -0.3 is 5.32 Å². The number of nitrogens with zero attached hydrogens (tertiary/aromatic N) is 3. The zero-order chi connectivity index (χ0) is 12.1. The number of aromatic nitrogens is 2. The first kappa shape index (κ1) is 11.0. The van der Waals surface area contributed by atoms with E-state index in [-0.39, 0.29) is 11.5 Å². The Kier molecular flexibility index (Phi) is 3.26. The normalized spacial score (nSPS) is 9.65. The van der Waals surface area contributed by atoms with Crippen molar-refractivity contribution in [2.45, 2.75) is 6.54 Å². The highest BCUT2D eigenvalue weighted by atomic mass is 19.1. The summed E-state index contributed by atoms with van der Waals surface area (Å²) in [4.78, 5) is 7.89. The van der Waals surface area contributed by atoms with Gasteiger partial charge in [0.2, 0.25) is 0 Å². The molecule has 0 spiro atoms. The number of anilines is 1. The highest BCUT2D eigenvalue weighted by Gasteiger charge is 1.97. The Bertz CT molecular complexity index is 528. The molecule has 0 saturated heterocycles. The summed E-state index contributed by atoms with van der Waals surface area (Å²) < 4.78 is 12.7. The van der Waals surface area contributed by atoms with Crippen molar-refractivity contribution >= 4 is 5.82 Å². The fourth-order valence-corrected chi connectivity index (χ4v) is 1.27. The van der Waals surface area contributed by atoms with Crippen molar-refractivity contribution in [3.05, 3.63) is 53.7 Å². The van der Waals surface area contributed by atoms with Crippen molar-refractivity contribution in [1.29, 1.82) is 5.26 Å². The molecule has 0 aliphatic heterocycles. The van der Waals surface area contributed by atoms with E-state index < -0.39 is 0 Å². The van der Waals surface area contributed by atoms with E-state index in [1.165, 1.54) is 24.5 Å². The number of nitrogens with one attached hydrogen (secondary N) is 1. The third-order valence-corrected chi connectivity index (χ3v) is 2.15. The van der Waals surface area contributed by atoms with Crippen LogP contribution in [0.25, 0.3) is 0 Å². The Morgan fingerprint density at radius 1 is 1.18 bits per heavy atom. The highest BCUT2D eigenvalue weighted by molar-refractivity contribution is 5.34. The minimum atomic E-state index is -0.257. The van der Waals surface area contributed by atoms with Gasteiger partial charge in [0.05, 0.1) is 12.4 Å². The molecule has 2 rings (SSSR count). The van der Waals surface area contributed by atoms with Gasteiger partial charge in [-0.15, -0.1) is 0 Å². The topological polar surface area (TPSA) is 61.6 Å². The average molecular weight is 228 g/mol. The molecule has 0 fully saturated rings. The van der Waals surface area contributed by atoms with Crippen molar-refractivity contribution in [2.24, 2.45) is 0 Å². The zero-order valence-corrected chi connectivity index (χ0v) is 8.89. The lowest BCUT2D eigenvalue weighted by Gasteiger charge is -2.04. The van der Waals surface area contributed by atoms with Crippen LogP contribution in [0.3, 0.4) is 0 Å². The Morgan fingerprint density at radius 2 is 1.94 bits per heavy atom. The van der Waals surface area contributed by atoms with E-state index in [1.807, 2.05) is 6.07 Å². The van der Waals surface area contributed by atoms with E-state index in [9.17, 15) is 4.39 Å². The van der Waals surface area contributed by atoms with Crippen LogP contribution in [-0.2, 0) is 6.54 Å². The predicted molar refractivity (Wildman–Crippen MR) is 60.5 cm³/mol. The van der Waals surface area contributed by atoms with Crippen molar-refractivity contribution in [2.75, 3.05) is 5.32 Å². The molecule has 5 heteroatoms. The van der Waals surface area contributed by atoms with E-state index in [2.05, 4.69) is 15.3 Å². The second-order valence-corrected chi connectivity index (χ2v) is 3.38. The van der Waals surface area contributed by atoms with Gasteiger partial charge >= 0.3 is 0 Å².